The first-order chi connectivity index (χ1) is 18.9. The van der Waals surface area contributed by atoms with Crippen LogP contribution in [0, 0.1) is 24.1 Å². The van der Waals surface area contributed by atoms with Gasteiger partial charge in [0.15, 0.2) is 12.4 Å². The number of nitrogens with one attached hydrogen (secondary N) is 1. The quantitative estimate of drug-likeness (QED) is 0.302. The lowest BCUT2D eigenvalue weighted by molar-refractivity contribution is -0.129. The van der Waals surface area contributed by atoms with Gasteiger partial charge in [0, 0.05) is 11.6 Å². The van der Waals surface area contributed by atoms with Crippen LogP contribution in [0.1, 0.15) is 43.6 Å². The Morgan fingerprint density at radius 3 is 2.52 bits per heavy atom. The van der Waals surface area contributed by atoms with Crippen molar-refractivity contribution in [3.8, 4) is 16.8 Å². The molecule has 0 saturated carbocycles. The van der Waals surface area contributed by atoms with Crippen molar-refractivity contribution in [2.45, 2.75) is 52.7 Å². The number of ketones is 1. The first-order valence-electron chi connectivity index (χ1n) is 12.2. The predicted molar refractivity (Wildman–Crippen MR) is 144 cm³/mol. The van der Waals surface area contributed by atoms with Crippen LogP contribution in [0.25, 0.3) is 15.2 Å². The molecule has 0 spiro atoms. The van der Waals surface area contributed by atoms with Gasteiger partial charge in [0.2, 0.25) is 5.91 Å². The number of amides is 1. The minimum atomic E-state index is -1.64. The molecule has 14 heteroatoms. The number of fused-ring (bicyclic) bond motifs is 1. The molecule has 3 heterocycles. The third-order valence-corrected chi connectivity index (χ3v) is 7.44. The molecule has 0 saturated heterocycles. The lowest BCUT2D eigenvalue weighted by Crippen LogP contribution is -2.56. The number of benzene rings is 1. The molecule has 0 bridgehead atoms. The molecule has 4 rings (SSSR count). The fraction of sp³-hybridized carbons (Fsp3) is 0.346. The Hall–Kier alpha value is -4.64. The summed E-state index contributed by atoms with van der Waals surface area (Å²) in [6, 6.07) is 4.76. The number of ether oxygens (including phenoxy) is 1. The fourth-order valence-electron chi connectivity index (χ4n) is 4.20. The van der Waals surface area contributed by atoms with E-state index in [2.05, 4.69) is 15.5 Å². The third kappa shape index (κ3) is 5.03. The minimum absolute atomic E-state index is 0.0361. The number of aryl methyl sites for hydroxylation is 1. The largest absolute Gasteiger partial charge is 0.478 e. The van der Waals surface area contributed by atoms with Crippen LogP contribution in [0.2, 0.25) is 0 Å². The van der Waals surface area contributed by atoms with Crippen molar-refractivity contribution in [1.82, 2.24) is 29.4 Å². The van der Waals surface area contributed by atoms with Crippen LogP contribution in [-0.2, 0) is 16.9 Å². The monoisotopic (exact) mass is 567 g/mol. The van der Waals surface area contributed by atoms with Gasteiger partial charge >= 0.3 is 5.69 Å². The van der Waals surface area contributed by atoms with Crippen molar-refractivity contribution in [3.05, 3.63) is 68.4 Å². The molecule has 1 N–H and O–H groups in total. The summed E-state index contributed by atoms with van der Waals surface area (Å²) in [5.41, 5.74) is -3.02. The molecule has 3 aromatic heterocycles. The summed E-state index contributed by atoms with van der Waals surface area (Å²) in [5.74, 6) is -2.04. The number of aromatic nitrogens is 5. The Kier molecular flexibility index (Phi) is 7.70. The van der Waals surface area contributed by atoms with E-state index in [1.165, 1.54) is 37.1 Å². The standard InChI is InChI=1S/C26H26FN7O5S/c1-14(2)31-24(37)26(4,5)33-21(36)20-15(3)22(34-29-9-10-30-34)40-23(20)32(25(33)38)13-18(35)17-12-16(27)6-7-19(17)39-11-8-28/h6-7,9-10,12,14H,11,13H2,1-5H3,(H,31,37). The Morgan fingerprint density at radius 2 is 1.90 bits per heavy atom. The molecule has 0 unspecified atom stereocenters. The highest BCUT2D eigenvalue weighted by molar-refractivity contribution is 7.21. The zero-order valence-electron chi connectivity index (χ0n) is 22.4. The molecule has 0 aliphatic carbocycles. The second kappa shape index (κ2) is 10.9. The van der Waals surface area contributed by atoms with Gasteiger partial charge in [-0.1, -0.05) is 11.3 Å². The number of halogens is 1. The Morgan fingerprint density at radius 1 is 1.23 bits per heavy atom. The van der Waals surface area contributed by atoms with Gasteiger partial charge in [-0.15, -0.1) is 4.80 Å². The third-order valence-electron chi connectivity index (χ3n) is 6.16. The number of hydrogen-bond donors (Lipinski definition) is 1. The average molecular weight is 568 g/mol. The summed E-state index contributed by atoms with van der Waals surface area (Å²) >= 11 is 1.02. The lowest BCUT2D eigenvalue weighted by atomic mass is 10.0. The van der Waals surface area contributed by atoms with E-state index >= 15 is 0 Å². The number of rotatable bonds is 9. The number of thiophene rings is 1. The number of carbonyl (C=O) groups excluding carboxylic acids is 2. The molecular weight excluding hydrogens is 541 g/mol. The Balaban J connectivity index is 1.99. The normalized spacial score (nSPS) is 11.6. The van der Waals surface area contributed by atoms with Gasteiger partial charge in [-0.25, -0.2) is 13.8 Å². The van der Waals surface area contributed by atoms with Gasteiger partial charge in [-0.2, -0.15) is 15.5 Å². The number of nitrogens with zero attached hydrogens (tertiary/aromatic N) is 6. The predicted octanol–water partition coefficient (Wildman–Crippen LogP) is 2.30. The summed E-state index contributed by atoms with van der Waals surface area (Å²) in [4.78, 5) is 55.9. The molecule has 1 amide bonds. The van der Waals surface area contributed by atoms with E-state index in [-0.39, 0.29) is 34.2 Å². The first kappa shape index (κ1) is 28.4. The van der Waals surface area contributed by atoms with Crippen LogP contribution in [0.4, 0.5) is 4.39 Å². The molecule has 4 aromatic rings. The van der Waals surface area contributed by atoms with Gasteiger partial charge in [-0.3, -0.25) is 19.0 Å². The maximum absolute atomic E-state index is 14.1. The van der Waals surface area contributed by atoms with Crippen LogP contribution < -0.4 is 21.3 Å². The molecule has 0 fully saturated rings. The van der Waals surface area contributed by atoms with E-state index in [0.29, 0.717) is 10.6 Å². The topological polar surface area (TPSA) is 154 Å². The number of carbonyl (C=O) groups is 2. The molecule has 208 valence electrons. The van der Waals surface area contributed by atoms with E-state index in [9.17, 15) is 23.6 Å². The van der Waals surface area contributed by atoms with Gasteiger partial charge in [0.25, 0.3) is 5.56 Å². The van der Waals surface area contributed by atoms with Crippen LogP contribution in [0.15, 0.2) is 40.2 Å². The first-order valence-corrected chi connectivity index (χ1v) is 13.0. The highest BCUT2D eigenvalue weighted by Gasteiger charge is 2.36. The van der Waals surface area contributed by atoms with Crippen LogP contribution in [-0.4, -0.2) is 48.5 Å². The average Bonchev–Trinajstić information content (AvgIpc) is 3.53. The fourth-order valence-corrected chi connectivity index (χ4v) is 5.41. The van der Waals surface area contributed by atoms with E-state index in [0.717, 1.165) is 32.6 Å². The lowest BCUT2D eigenvalue weighted by Gasteiger charge is -2.27. The molecule has 1 aromatic carbocycles. The van der Waals surface area contributed by atoms with Crippen LogP contribution in [0.3, 0.4) is 0 Å². The second-order valence-electron chi connectivity index (χ2n) is 9.74. The number of nitriles is 1. The van der Waals surface area contributed by atoms with Crippen LogP contribution >= 0.6 is 11.3 Å². The van der Waals surface area contributed by atoms with E-state index in [4.69, 9.17) is 10.00 Å². The summed E-state index contributed by atoms with van der Waals surface area (Å²) in [5, 5.41) is 20.4. The molecule has 0 radical (unpaired) electrons. The summed E-state index contributed by atoms with van der Waals surface area (Å²) in [6.07, 6.45) is 2.90. The summed E-state index contributed by atoms with van der Waals surface area (Å²) < 4.78 is 21.3. The van der Waals surface area contributed by atoms with Crippen molar-refractivity contribution in [1.29, 1.82) is 5.26 Å². The smallest absolute Gasteiger partial charge is 0.333 e. The van der Waals surface area contributed by atoms with Crippen molar-refractivity contribution in [2.75, 3.05) is 6.61 Å². The summed E-state index contributed by atoms with van der Waals surface area (Å²) in [6.45, 7) is 7.01. The maximum atomic E-state index is 14.1. The van der Waals surface area contributed by atoms with Crippen molar-refractivity contribution in [2.24, 2.45) is 0 Å². The van der Waals surface area contributed by atoms with Gasteiger partial charge in [0.05, 0.1) is 29.9 Å². The Bertz CT molecular complexity index is 1780. The van der Waals surface area contributed by atoms with Crippen molar-refractivity contribution < 1.29 is 18.7 Å². The molecule has 40 heavy (non-hydrogen) atoms. The van der Waals surface area contributed by atoms with Gasteiger partial charge in [-0.05, 0) is 52.8 Å². The minimum Gasteiger partial charge on any atom is -0.478 e. The maximum Gasteiger partial charge on any atom is 0.333 e. The van der Waals surface area contributed by atoms with Gasteiger partial charge < -0.3 is 10.1 Å². The van der Waals surface area contributed by atoms with Gasteiger partial charge in [0.1, 0.15) is 33.0 Å². The SMILES string of the molecule is Cc1c(-n2nccn2)sc2c1c(=O)n(C(C)(C)C(=O)NC(C)C)c(=O)n2CC(=O)c1cc(F)ccc1OCC#N. The zero-order chi connectivity index (χ0) is 29.4. The highest BCUT2D eigenvalue weighted by Crippen LogP contribution is 2.31. The molecule has 0 atom stereocenters. The molecule has 0 aliphatic rings. The number of Topliss-reactive ketones (excluding diaryl/α,β-unsaturated/α-hetero) is 1. The van der Waals surface area contributed by atoms with Crippen molar-refractivity contribution >= 4 is 33.2 Å². The van der Waals surface area contributed by atoms with Crippen LogP contribution in [0.5, 0.6) is 5.75 Å². The van der Waals surface area contributed by atoms with E-state index in [1.54, 1.807) is 26.8 Å². The highest BCUT2D eigenvalue weighted by atomic mass is 32.1. The van der Waals surface area contributed by atoms with E-state index < -0.39 is 40.8 Å². The molecule has 12 nitrogen and oxygen atoms in total. The molecular formula is C26H26FN7O5S. The second-order valence-corrected chi connectivity index (χ2v) is 10.7. The molecule has 0 aliphatic heterocycles. The number of hydrogen-bond acceptors (Lipinski definition) is 9. The van der Waals surface area contributed by atoms with E-state index in [1.807, 2.05) is 0 Å². The zero-order valence-corrected chi connectivity index (χ0v) is 23.2. The summed E-state index contributed by atoms with van der Waals surface area (Å²) in [7, 11) is 0. The Labute approximate surface area is 231 Å². The van der Waals surface area contributed by atoms with Crippen molar-refractivity contribution in [3.63, 3.8) is 0 Å².